The first-order valence-corrected chi connectivity index (χ1v) is 6.19. The van der Waals surface area contributed by atoms with E-state index in [1.165, 1.54) is 29.8 Å². The van der Waals surface area contributed by atoms with Gasteiger partial charge in [-0.1, -0.05) is 12.8 Å². The molecule has 0 aliphatic heterocycles. The van der Waals surface area contributed by atoms with Crippen molar-refractivity contribution in [1.82, 2.24) is 14.6 Å². The van der Waals surface area contributed by atoms with E-state index in [1.54, 1.807) is 0 Å². The summed E-state index contributed by atoms with van der Waals surface area (Å²) < 4.78 is 39.0. The van der Waals surface area contributed by atoms with Gasteiger partial charge in [0, 0.05) is 25.0 Å². The van der Waals surface area contributed by atoms with E-state index in [1.807, 2.05) is 0 Å². The van der Waals surface area contributed by atoms with Crippen LogP contribution in [0.4, 0.5) is 19.0 Å². The second kappa shape index (κ2) is 4.40. The number of anilines is 1. The Bertz CT molecular complexity index is 586. The predicted octanol–water partition coefficient (Wildman–Crippen LogP) is 2.96. The molecular weight excluding hydrogens is 257 g/mol. The molecule has 4 nitrogen and oxygen atoms in total. The first kappa shape index (κ1) is 12.3. The van der Waals surface area contributed by atoms with Gasteiger partial charge in [-0.15, -0.1) is 0 Å². The summed E-state index contributed by atoms with van der Waals surface area (Å²) >= 11 is 0. The number of rotatable bonds is 4. The molecule has 0 amide bonds. The Morgan fingerprint density at radius 3 is 2.84 bits per heavy atom. The smallest absolute Gasteiger partial charge is 0.368 e. The third-order valence-corrected chi connectivity index (χ3v) is 3.22. The SMILES string of the molecule is FC(F)(F)c1cc2c(NCCC3CC3)nccn2n1. The Morgan fingerprint density at radius 1 is 1.37 bits per heavy atom. The van der Waals surface area contributed by atoms with Crippen LogP contribution in [-0.2, 0) is 6.18 Å². The quantitative estimate of drug-likeness (QED) is 0.928. The molecule has 0 spiro atoms. The minimum atomic E-state index is -4.43. The fourth-order valence-corrected chi connectivity index (χ4v) is 2.00. The van der Waals surface area contributed by atoms with E-state index in [2.05, 4.69) is 15.4 Å². The van der Waals surface area contributed by atoms with Crippen molar-refractivity contribution in [1.29, 1.82) is 0 Å². The van der Waals surface area contributed by atoms with Crippen molar-refractivity contribution in [2.45, 2.75) is 25.4 Å². The van der Waals surface area contributed by atoms with E-state index in [0.717, 1.165) is 24.9 Å². The van der Waals surface area contributed by atoms with Gasteiger partial charge >= 0.3 is 6.18 Å². The second-order valence-electron chi connectivity index (χ2n) is 4.79. The average molecular weight is 270 g/mol. The van der Waals surface area contributed by atoms with Crippen molar-refractivity contribution < 1.29 is 13.2 Å². The van der Waals surface area contributed by atoms with Crippen molar-refractivity contribution in [3.05, 3.63) is 24.2 Å². The molecule has 2 heterocycles. The van der Waals surface area contributed by atoms with Crippen molar-refractivity contribution in [2.75, 3.05) is 11.9 Å². The number of hydrogen-bond acceptors (Lipinski definition) is 3. The first-order chi connectivity index (χ1) is 9.04. The molecule has 0 radical (unpaired) electrons. The largest absolute Gasteiger partial charge is 0.435 e. The van der Waals surface area contributed by atoms with E-state index < -0.39 is 11.9 Å². The highest BCUT2D eigenvalue weighted by Crippen LogP contribution is 2.32. The van der Waals surface area contributed by atoms with E-state index >= 15 is 0 Å². The predicted molar refractivity (Wildman–Crippen MR) is 63.8 cm³/mol. The zero-order valence-electron chi connectivity index (χ0n) is 10.1. The van der Waals surface area contributed by atoms with Gasteiger partial charge in [-0.05, 0) is 12.3 Å². The molecule has 0 atom stereocenters. The molecule has 3 rings (SSSR count). The molecule has 1 aliphatic rings. The second-order valence-corrected chi connectivity index (χ2v) is 4.79. The van der Waals surface area contributed by atoms with Crippen LogP contribution < -0.4 is 5.32 Å². The van der Waals surface area contributed by atoms with Crippen LogP contribution in [0.2, 0.25) is 0 Å². The third kappa shape index (κ3) is 2.64. The van der Waals surface area contributed by atoms with Crippen LogP contribution in [0.1, 0.15) is 25.0 Å². The molecule has 1 aliphatic carbocycles. The molecule has 0 unspecified atom stereocenters. The van der Waals surface area contributed by atoms with Crippen molar-refractivity contribution in [3.8, 4) is 0 Å². The Labute approximate surface area is 107 Å². The fraction of sp³-hybridized carbons (Fsp3) is 0.500. The summed E-state index contributed by atoms with van der Waals surface area (Å²) in [5.41, 5.74) is -0.545. The molecule has 2 aromatic rings. The maximum atomic E-state index is 12.6. The zero-order chi connectivity index (χ0) is 13.5. The maximum absolute atomic E-state index is 12.6. The highest BCUT2D eigenvalue weighted by Gasteiger charge is 2.34. The lowest BCUT2D eigenvalue weighted by molar-refractivity contribution is -0.141. The van der Waals surface area contributed by atoms with Crippen molar-refractivity contribution in [2.24, 2.45) is 5.92 Å². The molecule has 0 saturated heterocycles. The molecule has 2 aromatic heterocycles. The lowest BCUT2D eigenvalue weighted by Crippen LogP contribution is -2.06. The normalized spacial score (nSPS) is 15.9. The van der Waals surface area contributed by atoms with Gasteiger partial charge in [-0.25, -0.2) is 9.50 Å². The Kier molecular flexibility index (Phi) is 2.83. The summed E-state index contributed by atoms with van der Waals surface area (Å²) in [5, 5.41) is 6.60. The van der Waals surface area contributed by atoms with Gasteiger partial charge in [-0.2, -0.15) is 18.3 Å². The van der Waals surface area contributed by atoms with Crippen molar-refractivity contribution >= 4 is 11.3 Å². The van der Waals surface area contributed by atoms with Crippen LogP contribution in [0.3, 0.4) is 0 Å². The van der Waals surface area contributed by atoms with Gasteiger partial charge < -0.3 is 5.32 Å². The van der Waals surface area contributed by atoms with Crippen LogP contribution in [0.5, 0.6) is 0 Å². The standard InChI is InChI=1S/C12H13F3N4/c13-12(14,15)10-7-9-11(16-4-3-8-1-2-8)17-5-6-19(9)18-10/h5-8H,1-4H2,(H,16,17). The van der Waals surface area contributed by atoms with Crippen LogP contribution in [0.25, 0.3) is 5.52 Å². The van der Waals surface area contributed by atoms with Gasteiger partial charge in [0.15, 0.2) is 11.5 Å². The summed E-state index contributed by atoms with van der Waals surface area (Å²) in [6.45, 7) is 0.726. The van der Waals surface area contributed by atoms with Crippen LogP contribution in [0, 0.1) is 5.92 Å². The van der Waals surface area contributed by atoms with E-state index in [-0.39, 0.29) is 0 Å². The molecule has 19 heavy (non-hydrogen) atoms. The van der Waals surface area contributed by atoms with E-state index in [4.69, 9.17) is 0 Å². The third-order valence-electron chi connectivity index (χ3n) is 3.22. The van der Waals surface area contributed by atoms with E-state index in [0.29, 0.717) is 11.3 Å². The Hall–Kier alpha value is -1.79. The molecule has 1 saturated carbocycles. The van der Waals surface area contributed by atoms with Gasteiger partial charge in [0.2, 0.25) is 0 Å². The topological polar surface area (TPSA) is 42.2 Å². The highest BCUT2D eigenvalue weighted by atomic mass is 19.4. The van der Waals surface area contributed by atoms with Gasteiger partial charge in [0.25, 0.3) is 0 Å². The highest BCUT2D eigenvalue weighted by molar-refractivity contribution is 5.67. The summed E-state index contributed by atoms with van der Waals surface area (Å²) in [6.07, 6.45) is 1.96. The van der Waals surface area contributed by atoms with Crippen LogP contribution in [0.15, 0.2) is 18.5 Å². The van der Waals surface area contributed by atoms with Crippen molar-refractivity contribution in [3.63, 3.8) is 0 Å². The number of nitrogens with zero attached hydrogens (tertiary/aromatic N) is 3. The summed E-state index contributed by atoms with van der Waals surface area (Å²) in [7, 11) is 0. The summed E-state index contributed by atoms with van der Waals surface area (Å²) in [5.74, 6) is 1.22. The summed E-state index contributed by atoms with van der Waals surface area (Å²) in [4.78, 5) is 4.08. The Morgan fingerprint density at radius 2 is 2.16 bits per heavy atom. The fourth-order valence-electron chi connectivity index (χ4n) is 2.00. The number of alkyl halides is 3. The molecule has 102 valence electrons. The van der Waals surface area contributed by atoms with Gasteiger partial charge in [0.05, 0.1) is 0 Å². The molecular formula is C12H13F3N4. The molecule has 0 aromatic carbocycles. The van der Waals surface area contributed by atoms with Gasteiger partial charge in [-0.3, -0.25) is 0 Å². The molecule has 0 bridgehead atoms. The number of aromatic nitrogens is 3. The zero-order valence-corrected chi connectivity index (χ0v) is 10.1. The van der Waals surface area contributed by atoms with Crippen LogP contribution >= 0.6 is 0 Å². The summed E-state index contributed by atoms with van der Waals surface area (Å²) in [6, 6.07) is 1.02. The van der Waals surface area contributed by atoms with Gasteiger partial charge in [0.1, 0.15) is 5.52 Å². The molecule has 1 fully saturated rings. The molecule has 7 heteroatoms. The number of halogens is 3. The maximum Gasteiger partial charge on any atom is 0.435 e. The number of nitrogens with one attached hydrogen (secondary N) is 1. The Balaban J connectivity index is 1.84. The van der Waals surface area contributed by atoms with Crippen LogP contribution in [-0.4, -0.2) is 21.1 Å². The van der Waals surface area contributed by atoms with E-state index in [9.17, 15) is 13.2 Å². The average Bonchev–Trinajstić information content (AvgIpc) is 3.04. The number of fused-ring (bicyclic) bond motifs is 1. The molecule has 1 N–H and O–H groups in total. The number of hydrogen-bond donors (Lipinski definition) is 1. The minimum Gasteiger partial charge on any atom is -0.368 e. The first-order valence-electron chi connectivity index (χ1n) is 6.19. The monoisotopic (exact) mass is 270 g/mol. The minimum absolute atomic E-state index is 0.352. The lowest BCUT2D eigenvalue weighted by atomic mass is 10.3. The lowest BCUT2D eigenvalue weighted by Gasteiger charge is -2.05.